The average molecular weight is 329 g/mol. The van der Waals surface area contributed by atoms with Crippen molar-refractivity contribution < 1.29 is 19.0 Å². The maximum atomic E-state index is 12.5. The Morgan fingerprint density at radius 2 is 1.79 bits per heavy atom. The third kappa shape index (κ3) is 3.46. The number of rotatable bonds is 4. The molecule has 0 spiro atoms. The van der Waals surface area contributed by atoms with Gasteiger partial charge in [-0.1, -0.05) is 12.1 Å². The van der Waals surface area contributed by atoms with E-state index in [1.54, 1.807) is 23.1 Å². The van der Waals surface area contributed by atoms with Crippen LogP contribution in [0.25, 0.3) is 11.3 Å². The lowest BCUT2D eigenvalue weighted by Crippen LogP contribution is -2.40. The zero-order valence-corrected chi connectivity index (χ0v) is 13.7. The highest BCUT2D eigenvalue weighted by Crippen LogP contribution is 2.24. The van der Waals surface area contributed by atoms with Gasteiger partial charge in [0.15, 0.2) is 0 Å². The molecule has 1 aliphatic heterocycles. The Balaban J connectivity index is 1.82. The lowest BCUT2D eigenvalue weighted by atomic mass is 10.1. The number of hydrogen-bond acceptors (Lipinski definition) is 6. The van der Waals surface area contributed by atoms with Crippen LogP contribution in [0, 0.1) is 0 Å². The van der Waals surface area contributed by atoms with Crippen LogP contribution in [0.2, 0.25) is 0 Å². The van der Waals surface area contributed by atoms with Crippen molar-refractivity contribution in [3.05, 3.63) is 35.9 Å². The summed E-state index contributed by atoms with van der Waals surface area (Å²) in [5, 5.41) is 0. The summed E-state index contributed by atoms with van der Waals surface area (Å²) in [6.45, 7) is 2.43. The van der Waals surface area contributed by atoms with Gasteiger partial charge in [-0.2, -0.15) is 9.97 Å². The Morgan fingerprint density at radius 3 is 2.42 bits per heavy atom. The summed E-state index contributed by atoms with van der Waals surface area (Å²) in [6.07, 6.45) is 0. The van der Waals surface area contributed by atoms with E-state index in [4.69, 9.17) is 14.2 Å². The fourth-order valence-electron chi connectivity index (χ4n) is 2.48. The van der Waals surface area contributed by atoms with Crippen molar-refractivity contribution in [3.63, 3.8) is 0 Å². The van der Waals surface area contributed by atoms with Gasteiger partial charge >= 0.3 is 6.01 Å². The topological polar surface area (TPSA) is 73.8 Å². The minimum absolute atomic E-state index is 0.0164. The van der Waals surface area contributed by atoms with Gasteiger partial charge in [-0.15, -0.1) is 0 Å². The van der Waals surface area contributed by atoms with Crippen molar-refractivity contribution in [2.24, 2.45) is 0 Å². The van der Waals surface area contributed by atoms with Crippen molar-refractivity contribution in [3.8, 4) is 23.1 Å². The van der Waals surface area contributed by atoms with Gasteiger partial charge in [0.2, 0.25) is 5.88 Å². The van der Waals surface area contributed by atoms with E-state index in [0.29, 0.717) is 43.4 Å². The number of benzene rings is 1. The largest absolute Gasteiger partial charge is 0.481 e. The van der Waals surface area contributed by atoms with Gasteiger partial charge in [0, 0.05) is 30.3 Å². The first-order valence-corrected chi connectivity index (χ1v) is 7.66. The quantitative estimate of drug-likeness (QED) is 0.849. The van der Waals surface area contributed by atoms with E-state index in [9.17, 15) is 4.79 Å². The normalized spacial score (nSPS) is 14.3. The molecule has 2 aromatic rings. The van der Waals surface area contributed by atoms with Crippen molar-refractivity contribution in [2.45, 2.75) is 0 Å². The molecule has 24 heavy (non-hydrogen) atoms. The Kier molecular flexibility index (Phi) is 4.90. The Labute approximate surface area is 140 Å². The Hall–Kier alpha value is -2.67. The standard InChI is InChI=1S/C17H19N3O4/c1-22-15-11-14(18-17(19-15)23-2)12-3-5-13(6-4-12)16(21)20-7-9-24-10-8-20/h3-6,11H,7-10H2,1-2H3. The first-order chi connectivity index (χ1) is 11.7. The summed E-state index contributed by atoms with van der Waals surface area (Å²) in [5.74, 6) is 0.438. The SMILES string of the molecule is COc1cc(-c2ccc(C(=O)N3CCOCC3)cc2)nc(OC)n1. The number of ether oxygens (including phenoxy) is 3. The molecular weight excluding hydrogens is 310 g/mol. The fourth-order valence-corrected chi connectivity index (χ4v) is 2.48. The molecule has 3 rings (SSSR count). The molecule has 1 aromatic carbocycles. The number of methoxy groups -OCH3 is 2. The molecule has 1 aliphatic rings. The number of hydrogen-bond donors (Lipinski definition) is 0. The third-order valence-corrected chi connectivity index (χ3v) is 3.80. The molecule has 1 fully saturated rings. The van der Waals surface area contributed by atoms with Crippen molar-refractivity contribution in [1.29, 1.82) is 0 Å². The highest BCUT2D eigenvalue weighted by atomic mass is 16.5. The van der Waals surface area contributed by atoms with Gasteiger partial charge < -0.3 is 19.1 Å². The highest BCUT2D eigenvalue weighted by Gasteiger charge is 2.18. The van der Waals surface area contributed by atoms with Crippen LogP contribution in [-0.2, 0) is 4.74 Å². The summed E-state index contributed by atoms with van der Waals surface area (Å²) in [4.78, 5) is 22.6. The molecule has 0 N–H and O–H groups in total. The summed E-state index contributed by atoms with van der Waals surface area (Å²) in [6, 6.07) is 9.27. The highest BCUT2D eigenvalue weighted by molar-refractivity contribution is 5.94. The summed E-state index contributed by atoms with van der Waals surface area (Å²) < 4.78 is 15.5. The van der Waals surface area contributed by atoms with E-state index in [2.05, 4.69) is 9.97 Å². The van der Waals surface area contributed by atoms with E-state index in [0.717, 1.165) is 5.56 Å². The number of carbonyl (C=O) groups is 1. The van der Waals surface area contributed by atoms with Crippen molar-refractivity contribution in [2.75, 3.05) is 40.5 Å². The number of morpholine rings is 1. The number of carbonyl (C=O) groups excluding carboxylic acids is 1. The monoisotopic (exact) mass is 329 g/mol. The number of nitrogens with zero attached hydrogens (tertiary/aromatic N) is 3. The van der Waals surface area contributed by atoms with Crippen molar-refractivity contribution >= 4 is 5.91 Å². The molecule has 0 saturated carbocycles. The van der Waals surface area contributed by atoms with Gasteiger partial charge in [0.25, 0.3) is 5.91 Å². The predicted molar refractivity (Wildman–Crippen MR) is 87.3 cm³/mol. The van der Waals surface area contributed by atoms with Crippen LogP contribution in [0.5, 0.6) is 11.9 Å². The van der Waals surface area contributed by atoms with Gasteiger partial charge in [0.1, 0.15) is 0 Å². The first-order valence-electron chi connectivity index (χ1n) is 7.66. The van der Waals surface area contributed by atoms with Gasteiger partial charge in [-0.25, -0.2) is 0 Å². The zero-order chi connectivity index (χ0) is 16.9. The average Bonchev–Trinajstić information content (AvgIpc) is 2.67. The Morgan fingerprint density at radius 1 is 1.08 bits per heavy atom. The molecule has 1 amide bonds. The van der Waals surface area contributed by atoms with Crippen LogP contribution in [0.4, 0.5) is 0 Å². The second-order valence-corrected chi connectivity index (χ2v) is 5.26. The van der Waals surface area contributed by atoms with E-state index in [-0.39, 0.29) is 11.9 Å². The van der Waals surface area contributed by atoms with Crippen LogP contribution in [-0.4, -0.2) is 61.3 Å². The lowest BCUT2D eigenvalue weighted by molar-refractivity contribution is 0.0303. The molecule has 1 saturated heterocycles. The zero-order valence-electron chi connectivity index (χ0n) is 13.7. The lowest BCUT2D eigenvalue weighted by Gasteiger charge is -2.26. The van der Waals surface area contributed by atoms with E-state index >= 15 is 0 Å². The van der Waals surface area contributed by atoms with E-state index in [1.807, 2.05) is 12.1 Å². The predicted octanol–water partition coefficient (Wildman–Crippen LogP) is 1.63. The summed E-state index contributed by atoms with van der Waals surface area (Å²) in [7, 11) is 3.04. The van der Waals surface area contributed by atoms with Crippen LogP contribution in [0.3, 0.4) is 0 Å². The molecule has 1 aromatic heterocycles. The van der Waals surface area contributed by atoms with Gasteiger partial charge in [-0.3, -0.25) is 4.79 Å². The van der Waals surface area contributed by atoms with Gasteiger partial charge in [-0.05, 0) is 12.1 Å². The smallest absolute Gasteiger partial charge is 0.320 e. The molecular formula is C17H19N3O4. The number of aromatic nitrogens is 2. The molecule has 0 radical (unpaired) electrons. The van der Waals surface area contributed by atoms with E-state index in [1.165, 1.54) is 14.2 Å². The molecule has 2 heterocycles. The summed E-state index contributed by atoms with van der Waals surface area (Å²) >= 11 is 0. The molecule has 0 aliphatic carbocycles. The van der Waals surface area contributed by atoms with Crippen molar-refractivity contribution in [1.82, 2.24) is 14.9 Å². The molecule has 7 heteroatoms. The first kappa shape index (κ1) is 16.2. The maximum absolute atomic E-state index is 12.5. The second kappa shape index (κ2) is 7.27. The van der Waals surface area contributed by atoms with E-state index < -0.39 is 0 Å². The minimum atomic E-state index is 0.0164. The molecule has 0 atom stereocenters. The van der Waals surface area contributed by atoms with Crippen LogP contribution >= 0.6 is 0 Å². The third-order valence-electron chi connectivity index (χ3n) is 3.80. The molecule has 126 valence electrons. The second-order valence-electron chi connectivity index (χ2n) is 5.26. The van der Waals surface area contributed by atoms with Crippen LogP contribution < -0.4 is 9.47 Å². The molecule has 7 nitrogen and oxygen atoms in total. The number of amides is 1. The summed E-state index contributed by atoms with van der Waals surface area (Å²) in [5.41, 5.74) is 2.17. The minimum Gasteiger partial charge on any atom is -0.481 e. The van der Waals surface area contributed by atoms with Crippen LogP contribution in [0.15, 0.2) is 30.3 Å². The van der Waals surface area contributed by atoms with Gasteiger partial charge in [0.05, 0.1) is 33.1 Å². The fraction of sp³-hybridized carbons (Fsp3) is 0.353. The molecule has 0 unspecified atom stereocenters. The molecule has 0 bridgehead atoms. The maximum Gasteiger partial charge on any atom is 0.320 e. The Bertz CT molecular complexity index is 690. The van der Waals surface area contributed by atoms with Crippen LogP contribution in [0.1, 0.15) is 10.4 Å².